The van der Waals surface area contributed by atoms with Crippen LogP contribution in [-0.2, 0) is 16.1 Å². The summed E-state index contributed by atoms with van der Waals surface area (Å²) >= 11 is 0. The highest BCUT2D eigenvalue weighted by atomic mass is 16.2. The fraction of sp³-hybridized carbons (Fsp3) is 0.280. The molecule has 4 amide bonds. The standard InChI is InChI=1S/C25H28N6O3/c1-17-22(18(2)31(29-17)20-11-7-4-8-12-20)23-24(33)26-13-14-30(23)16-21(32)28-25(34)27-15-19-9-5-3-6-10-19/h3-12,23H,13-16H2,1-2H3,(H,26,33)(H2,27,28,32,34). The molecular weight excluding hydrogens is 432 g/mol. The van der Waals surface area contributed by atoms with Crippen molar-refractivity contribution in [3.8, 4) is 5.69 Å². The molecule has 34 heavy (non-hydrogen) atoms. The van der Waals surface area contributed by atoms with Crippen LogP contribution in [0.5, 0.6) is 0 Å². The first kappa shape index (κ1) is 23.2. The summed E-state index contributed by atoms with van der Waals surface area (Å²) in [5, 5.41) is 12.6. The zero-order valence-corrected chi connectivity index (χ0v) is 19.2. The molecule has 3 aromatic rings. The highest BCUT2D eigenvalue weighted by Gasteiger charge is 2.36. The third-order valence-corrected chi connectivity index (χ3v) is 5.83. The van der Waals surface area contributed by atoms with Crippen molar-refractivity contribution in [2.75, 3.05) is 19.6 Å². The van der Waals surface area contributed by atoms with Crippen LogP contribution in [0.15, 0.2) is 60.7 Å². The van der Waals surface area contributed by atoms with Gasteiger partial charge in [-0.25, -0.2) is 9.48 Å². The minimum atomic E-state index is -0.677. The number of aromatic nitrogens is 2. The Morgan fingerprint density at radius 1 is 1.06 bits per heavy atom. The van der Waals surface area contributed by atoms with Crippen LogP contribution in [-0.4, -0.2) is 52.2 Å². The van der Waals surface area contributed by atoms with Gasteiger partial charge in [0.2, 0.25) is 11.8 Å². The highest BCUT2D eigenvalue weighted by Crippen LogP contribution is 2.30. The van der Waals surface area contributed by atoms with Gasteiger partial charge in [-0.2, -0.15) is 5.10 Å². The van der Waals surface area contributed by atoms with E-state index >= 15 is 0 Å². The molecule has 9 heteroatoms. The second-order valence-corrected chi connectivity index (χ2v) is 8.21. The molecule has 1 unspecified atom stereocenters. The molecule has 1 atom stereocenters. The Morgan fingerprint density at radius 3 is 2.44 bits per heavy atom. The van der Waals surface area contributed by atoms with E-state index < -0.39 is 18.0 Å². The zero-order valence-electron chi connectivity index (χ0n) is 19.2. The first-order valence-electron chi connectivity index (χ1n) is 11.2. The van der Waals surface area contributed by atoms with E-state index in [4.69, 9.17) is 0 Å². The van der Waals surface area contributed by atoms with Gasteiger partial charge < -0.3 is 10.6 Å². The number of para-hydroxylation sites is 1. The predicted molar refractivity (Wildman–Crippen MR) is 127 cm³/mol. The Labute approximate surface area is 198 Å². The van der Waals surface area contributed by atoms with Gasteiger partial charge in [0.1, 0.15) is 6.04 Å². The summed E-state index contributed by atoms with van der Waals surface area (Å²) in [4.78, 5) is 39.5. The molecule has 176 valence electrons. The van der Waals surface area contributed by atoms with Crippen LogP contribution in [0.3, 0.4) is 0 Å². The largest absolute Gasteiger partial charge is 0.353 e. The fourth-order valence-electron chi connectivity index (χ4n) is 4.24. The van der Waals surface area contributed by atoms with Crippen molar-refractivity contribution < 1.29 is 14.4 Å². The van der Waals surface area contributed by atoms with Gasteiger partial charge >= 0.3 is 6.03 Å². The predicted octanol–water partition coefficient (Wildman–Crippen LogP) is 1.99. The normalized spacial score (nSPS) is 16.1. The molecule has 0 bridgehead atoms. The van der Waals surface area contributed by atoms with E-state index in [9.17, 15) is 14.4 Å². The van der Waals surface area contributed by atoms with Crippen LogP contribution in [0.1, 0.15) is 28.6 Å². The van der Waals surface area contributed by atoms with E-state index in [0.29, 0.717) is 19.6 Å². The average molecular weight is 461 g/mol. The van der Waals surface area contributed by atoms with E-state index in [2.05, 4.69) is 21.0 Å². The van der Waals surface area contributed by atoms with Crippen molar-refractivity contribution in [3.05, 3.63) is 83.2 Å². The number of aryl methyl sites for hydroxylation is 1. The summed E-state index contributed by atoms with van der Waals surface area (Å²) in [6, 6.07) is 17.9. The summed E-state index contributed by atoms with van der Waals surface area (Å²) in [7, 11) is 0. The third-order valence-electron chi connectivity index (χ3n) is 5.83. The number of carbonyl (C=O) groups excluding carboxylic acids is 3. The smallest absolute Gasteiger partial charge is 0.321 e. The summed E-state index contributed by atoms with van der Waals surface area (Å²) in [5.41, 5.74) is 4.14. The number of benzene rings is 2. The Hall–Kier alpha value is -3.98. The number of carbonyl (C=O) groups is 3. The third kappa shape index (κ3) is 5.15. The van der Waals surface area contributed by atoms with Crippen LogP contribution in [0.2, 0.25) is 0 Å². The van der Waals surface area contributed by atoms with Gasteiger partial charge in [0.05, 0.1) is 17.9 Å². The van der Waals surface area contributed by atoms with E-state index in [1.807, 2.05) is 79.2 Å². The fourth-order valence-corrected chi connectivity index (χ4v) is 4.24. The Bertz CT molecular complexity index is 1180. The summed E-state index contributed by atoms with van der Waals surface area (Å²) in [6.45, 7) is 4.90. The number of urea groups is 1. The van der Waals surface area contributed by atoms with E-state index in [1.165, 1.54) is 0 Å². The molecule has 1 saturated heterocycles. The molecule has 1 aromatic heterocycles. The molecular formula is C25H28N6O3. The summed E-state index contributed by atoms with van der Waals surface area (Å²) < 4.78 is 1.81. The second kappa shape index (κ2) is 10.3. The van der Waals surface area contributed by atoms with Crippen molar-refractivity contribution >= 4 is 17.8 Å². The monoisotopic (exact) mass is 460 g/mol. The highest BCUT2D eigenvalue weighted by molar-refractivity contribution is 5.95. The lowest BCUT2D eigenvalue weighted by atomic mass is 10.00. The molecule has 9 nitrogen and oxygen atoms in total. The molecule has 0 aliphatic carbocycles. The SMILES string of the molecule is Cc1nn(-c2ccccc2)c(C)c1C1C(=O)NCCN1CC(=O)NC(=O)NCc1ccccc1. The molecule has 1 fully saturated rings. The lowest BCUT2D eigenvalue weighted by Crippen LogP contribution is -2.53. The quantitative estimate of drug-likeness (QED) is 0.521. The van der Waals surface area contributed by atoms with Gasteiger partial charge in [-0.15, -0.1) is 0 Å². The number of hydrogen-bond acceptors (Lipinski definition) is 5. The van der Waals surface area contributed by atoms with E-state index in [-0.39, 0.29) is 12.5 Å². The molecule has 0 spiro atoms. The maximum absolute atomic E-state index is 12.9. The van der Waals surface area contributed by atoms with Gasteiger partial charge in [-0.1, -0.05) is 48.5 Å². The van der Waals surface area contributed by atoms with Gasteiger partial charge in [0, 0.05) is 30.9 Å². The van der Waals surface area contributed by atoms with Gasteiger partial charge in [0.25, 0.3) is 0 Å². The minimum Gasteiger partial charge on any atom is -0.353 e. The summed E-state index contributed by atoms with van der Waals surface area (Å²) in [6.07, 6.45) is 0. The van der Waals surface area contributed by atoms with Crippen LogP contribution in [0.4, 0.5) is 4.79 Å². The minimum absolute atomic E-state index is 0.0910. The number of nitrogens with zero attached hydrogens (tertiary/aromatic N) is 3. The molecule has 1 aliphatic heterocycles. The lowest BCUT2D eigenvalue weighted by Gasteiger charge is -2.34. The Balaban J connectivity index is 1.47. The Morgan fingerprint density at radius 2 is 1.74 bits per heavy atom. The number of rotatable bonds is 6. The molecule has 3 N–H and O–H groups in total. The van der Waals surface area contributed by atoms with Gasteiger partial charge in [-0.05, 0) is 31.5 Å². The molecule has 2 heterocycles. The second-order valence-electron chi connectivity index (χ2n) is 8.21. The van der Waals surface area contributed by atoms with Crippen molar-refractivity contribution in [2.24, 2.45) is 0 Å². The van der Waals surface area contributed by atoms with Crippen LogP contribution in [0.25, 0.3) is 5.69 Å². The molecule has 1 aliphatic rings. The molecule has 2 aromatic carbocycles. The number of nitrogens with one attached hydrogen (secondary N) is 3. The van der Waals surface area contributed by atoms with E-state index in [0.717, 1.165) is 28.2 Å². The topological polar surface area (TPSA) is 108 Å². The van der Waals surface area contributed by atoms with Gasteiger partial charge in [0.15, 0.2) is 0 Å². The van der Waals surface area contributed by atoms with Crippen LogP contribution in [0, 0.1) is 13.8 Å². The average Bonchev–Trinajstić information content (AvgIpc) is 3.13. The summed E-state index contributed by atoms with van der Waals surface area (Å²) in [5.74, 6) is -0.664. The number of piperazine rings is 1. The number of imide groups is 1. The van der Waals surface area contributed by atoms with Crippen LogP contribution >= 0.6 is 0 Å². The Kier molecular flexibility index (Phi) is 7.03. The van der Waals surface area contributed by atoms with Crippen molar-refractivity contribution in [3.63, 3.8) is 0 Å². The maximum Gasteiger partial charge on any atom is 0.321 e. The lowest BCUT2D eigenvalue weighted by molar-refractivity contribution is -0.131. The van der Waals surface area contributed by atoms with Crippen molar-refractivity contribution in [1.29, 1.82) is 0 Å². The first-order chi connectivity index (χ1) is 16.4. The number of amides is 4. The number of hydrogen-bond donors (Lipinski definition) is 3. The maximum atomic E-state index is 12.9. The van der Waals surface area contributed by atoms with Crippen molar-refractivity contribution in [2.45, 2.75) is 26.4 Å². The van der Waals surface area contributed by atoms with E-state index in [1.54, 1.807) is 4.90 Å². The van der Waals surface area contributed by atoms with Crippen LogP contribution < -0.4 is 16.0 Å². The zero-order chi connectivity index (χ0) is 24.1. The first-order valence-corrected chi connectivity index (χ1v) is 11.2. The van der Waals surface area contributed by atoms with Crippen molar-refractivity contribution in [1.82, 2.24) is 30.6 Å². The molecule has 0 saturated carbocycles. The van der Waals surface area contributed by atoms with Gasteiger partial charge in [-0.3, -0.25) is 19.8 Å². The molecule has 0 radical (unpaired) electrons. The molecule has 4 rings (SSSR count).